The summed E-state index contributed by atoms with van der Waals surface area (Å²) in [6, 6.07) is 4.95. The maximum atomic E-state index is 4.85. The van der Waals surface area contributed by atoms with Gasteiger partial charge in [0.15, 0.2) is 11.5 Å². The maximum Gasteiger partial charge on any atom is 0.178 e. The largest absolute Gasteiger partial charge is 0.353 e. The molecule has 0 amide bonds. The molecule has 0 unspecified atom stereocenters. The Kier molecular flexibility index (Phi) is 3.95. The molecular formula is C18H28N6. The van der Waals surface area contributed by atoms with Crippen molar-refractivity contribution in [2.75, 3.05) is 31.1 Å². The van der Waals surface area contributed by atoms with Crippen LogP contribution in [0.1, 0.15) is 52.3 Å². The second-order valence-electron chi connectivity index (χ2n) is 8.20. The van der Waals surface area contributed by atoms with Crippen LogP contribution in [0.3, 0.4) is 0 Å². The van der Waals surface area contributed by atoms with Crippen LogP contribution in [0, 0.1) is 0 Å². The normalized spacial score (nSPS) is 21.0. The molecule has 0 radical (unpaired) electrons. The zero-order valence-electron chi connectivity index (χ0n) is 15.1. The third-order valence-electron chi connectivity index (χ3n) is 5.40. The molecular weight excluding hydrogens is 300 g/mol. The van der Waals surface area contributed by atoms with E-state index in [9.17, 15) is 0 Å². The van der Waals surface area contributed by atoms with Crippen LogP contribution in [0.15, 0.2) is 12.1 Å². The number of hydrogen-bond donors (Lipinski definition) is 0. The Morgan fingerprint density at radius 3 is 2.33 bits per heavy atom. The molecule has 3 heterocycles. The molecule has 1 saturated heterocycles. The Labute approximate surface area is 143 Å². The molecule has 4 rings (SSSR count). The lowest BCUT2D eigenvalue weighted by Crippen LogP contribution is -2.50. The Morgan fingerprint density at radius 1 is 0.958 bits per heavy atom. The topological polar surface area (TPSA) is 49.6 Å². The fourth-order valence-corrected chi connectivity index (χ4v) is 4.00. The summed E-state index contributed by atoms with van der Waals surface area (Å²) in [5.74, 6) is 1.96. The summed E-state index contributed by atoms with van der Waals surface area (Å²) >= 11 is 0. The summed E-state index contributed by atoms with van der Waals surface area (Å²) in [6.45, 7) is 10.9. The molecule has 1 saturated carbocycles. The van der Waals surface area contributed by atoms with Gasteiger partial charge in [-0.3, -0.25) is 4.90 Å². The fourth-order valence-electron chi connectivity index (χ4n) is 4.00. The van der Waals surface area contributed by atoms with Gasteiger partial charge in [-0.25, -0.2) is 0 Å². The van der Waals surface area contributed by atoms with Crippen molar-refractivity contribution < 1.29 is 0 Å². The van der Waals surface area contributed by atoms with Crippen molar-refractivity contribution in [2.45, 2.75) is 57.9 Å². The van der Waals surface area contributed by atoms with Crippen LogP contribution in [-0.2, 0) is 5.41 Å². The van der Waals surface area contributed by atoms with Gasteiger partial charge in [0.2, 0.25) is 0 Å². The van der Waals surface area contributed by atoms with Crippen LogP contribution in [0.4, 0.5) is 5.82 Å². The first kappa shape index (κ1) is 15.8. The average molecular weight is 328 g/mol. The summed E-state index contributed by atoms with van der Waals surface area (Å²) < 4.78 is 1.92. The minimum absolute atomic E-state index is 0.0633. The van der Waals surface area contributed by atoms with E-state index in [2.05, 4.69) is 46.8 Å². The minimum Gasteiger partial charge on any atom is -0.353 e. The molecule has 6 heteroatoms. The molecule has 2 aromatic heterocycles. The quantitative estimate of drug-likeness (QED) is 0.848. The molecule has 1 aliphatic heterocycles. The average Bonchev–Trinajstić information content (AvgIpc) is 3.23. The van der Waals surface area contributed by atoms with E-state index in [4.69, 9.17) is 5.10 Å². The molecule has 2 fully saturated rings. The summed E-state index contributed by atoms with van der Waals surface area (Å²) in [5.41, 5.74) is 0.764. The summed E-state index contributed by atoms with van der Waals surface area (Å²) in [6.07, 6.45) is 5.60. The summed E-state index contributed by atoms with van der Waals surface area (Å²) in [7, 11) is 0. The molecule has 0 atom stereocenters. The van der Waals surface area contributed by atoms with Gasteiger partial charge in [-0.1, -0.05) is 33.6 Å². The number of aromatic nitrogens is 4. The third kappa shape index (κ3) is 2.88. The fraction of sp³-hybridized carbons (Fsp3) is 0.722. The molecule has 2 aromatic rings. The standard InChI is InChI=1S/C18H28N6/c1-18(2,3)17-20-19-15-8-9-16(21-24(15)17)23-12-10-22(11-13-23)14-6-4-5-7-14/h8-9,14H,4-7,10-13H2,1-3H3. The van der Waals surface area contributed by atoms with Gasteiger partial charge in [0.1, 0.15) is 5.82 Å². The zero-order valence-corrected chi connectivity index (χ0v) is 15.1. The smallest absolute Gasteiger partial charge is 0.178 e. The summed E-state index contributed by atoms with van der Waals surface area (Å²) in [5, 5.41) is 13.4. The van der Waals surface area contributed by atoms with Crippen LogP contribution in [0.25, 0.3) is 5.65 Å². The Morgan fingerprint density at radius 2 is 1.67 bits per heavy atom. The van der Waals surface area contributed by atoms with Crippen LogP contribution >= 0.6 is 0 Å². The molecule has 130 valence electrons. The van der Waals surface area contributed by atoms with Crippen LogP contribution < -0.4 is 4.90 Å². The minimum atomic E-state index is -0.0633. The van der Waals surface area contributed by atoms with E-state index >= 15 is 0 Å². The van der Waals surface area contributed by atoms with Gasteiger partial charge in [-0.15, -0.1) is 15.3 Å². The van der Waals surface area contributed by atoms with Crippen LogP contribution in [0.2, 0.25) is 0 Å². The highest BCUT2D eigenvalue weighted by atomic mass is 15.4. The van der Waals surface area contributed by atoms with Gasteiger partial charge in [-0.05, 0) is 25.0 Å². The predicted octanol–water partition coefficient (Wildman–Crippen LogP) is 2.49. The van der Waals surface area contributed by atoms with E-state index in [1.54, 1.807) is 0 Å². The Balaban J connectivity index is 1.52. The molecule has 0 spiro atoms. The lowest BCUT2D eigenvalue weighted by molar-refractivity contribution is 0.187. The number of piperazine rings is 1. The van der Waals surface area contributed by atoms with Crippen molar-refractivity contribution in [1.82, 2.24) is 24.7 Å². The van der Waals surface area contributed by atoms with Crippen molar-refractivity contribution >= 4 is 11.5 Å². The van der Waals surface area contributed by atoms with E-state index in [0.717, 1.165) is 49.5 Å². The van der Waals surface area contributed by atoms with E-state index in [0.29, 0.717) is 0 Å². The van der Waals surface area contributed by atoms with E-state index in [1.807, 2.05) is 10.6 Å². The highest BCUT2D eigenvalue weighted by molar-refractivity contribution is 5.46. The first-order chi connectivity index (χ1) is 11.5. The zero-order chi connectivity index (χ0) is 16.7. The van der Waals surface area contributed by atoms with Gasteiger partial charge < -0.3 is 4.90 Å². The van der Waals surface area contributed by atoms with Gasteiger partial charge in [0, 0.05) is 37.6 Å². The lowest BCUT2D eigenvalue weighted by atomic mass is 9.96. The highest BCUT2D eigenvalue weighted by Crippen LogP contribution is 2.26. The second kappa shape index (κ2) is 5.99. The molecule has 2 aliphatic rings. The number of anilines is 1. The van der Waals surface area contributed by atoms with Crippen LogP contribution in [0.5, 0.6) is 0 Å². The maximum absolute atomic E-state index is 4.85. The van der Waals surface area contributed by atoms with Crippen LogP contribution in [-0.4, -0.2) is 56.9 Å². The molecule has 6 nitrogen and oxygen atoms in total. The summed E-state index contributed by atoms with van der Waals surface area (Å²) in [4.78, 5) is 5.08. The lowest BCUT2D eigenvalue weighted by Gasteiger charge is -2.38. The number of rotatable bonds is 2. The molecule has 0 bridgehead atoms. The predicted molar refractivity (Wildman–Crippen MR) is 95.5 cm³/mol. The van der Waals surface area contributed by atoms with Crippen molar-refractivity contribution in [3.8, 4) is 0 Å². The Bertz CT molecular complexity index is 702. The van der Waals surface area contributed by atoms with Gasteiger partial charge >= 0.3 is 0 Å². The van der Waals surface area contributed by atoms with E-state index in [1.165, 1.54) is 25.7 Å². The molecule has 0 N–H and O–H groups in total. The van der Waals surface area contributed by atoms with Gasteiger partial charge in [0.05, 0.1) is 0 Å². The van der Waals surface area contributed by atoms with Crippen molar-refractivity contribution in [3.63, 3.8) is 0 Å². The van der Waals surface area contributed by atoms with E-state index < -0.39 is 0 Å². The second-order valence-corrected chi connectivity index (χ2v) is 8.20. The molecule has 0 aromatic carbocycles. The monoisotopic (exact) mass is 328 g/mol. The molecule has 1 aliphatic carbocycles. The number of nitrogens with zero attached hydrogens (tertiary/aromatic N) is 6. The first-order valence-electron chi connectivity index (χ1n) is 9.24. The third-order valence-corrected chi connectivity index (χ3v) is 5.40. The highest BCUT2D eigenvalue weighted by Gasteiger charge is 2.27. The number of hydrogen-bond acceptors (Lipinski definition) is 5. The van der Waals surface area contributed by atoms with Crippen molar-refractivity contribution in [2.24, 2.45) is 0 Å². The molecule has 24 heavy (non-hydrogen) atoms. The Hall–Kier alpha value is -1.69. The van der Waals surface area contributed by atoms with E-state index in [-0.39, 0.29) is 5.41 Å². The SMILES string of the molecule is CC(C)(C)c1nnc2ccc(N3CCN(C4CCCC4)CC3)nn12. The van der Waals surface area contributed by atoms with Gasteiger partial charge in [-0.2, -0.15) is 4.52 Å². The number of fused-ring (bicyclic) bond motifs is 1. The first-order valence-corrected chi connectivity index (χ1v) is 9.24. The van der Waals surface area contributed by atoms with Crippen molar-refractivity contribution in [3.05, 3.63) is 18.0 Å². The van der Waals surface area contributed by atoms with Gasteiger partial charge in [0.25, 0.3) is 0 Å². The van der Waals surface area contributed by atoms with Crippen molar-refractivity contribution in [1.29, 1.82) is 0 Å².